The Hall–Kier alpha value is -0.480. The number of hydrogen-bond donors (Lipinski definition) is 1. The number of rotatable bonds is 5. The molecule has 0 unspecified atom stereocenters. The van der Waals surface area contributed by atoms with Gasteiger partial charge in [-0.05, 0) is 18.6 Å². The maximum Gasteiger partial charge on any atom is 0.347 e. The van der Waals surface area contributed by atoms with E-state index in [1.54, 1.807) is 10.8 Å². The highest BCUT2D eigenvalue weighted by molar-refractivity contribution is 7.80. The Morgan fingerprint density at radius 2 is 2.21 bits per heavy atom. The van der Waals surface area contributed by atoms with Crippen LogP contribution in [0.2, 0.25) is 5.02 Å². The maximum atomic E-state index is 11.2. The van der Waals surface area contributed by atoms with Gasteiger partial charge in [-0.1, -0.05) is 18.0 Å². The van der Waals surface area contributed by atoms with Crippen LogP contribution in [0.25, 0.3) is 0 Å². The molecule has 0 aliphatic heterocycles. The van der Waals surface area contributed by atoms with Crippen LogP contribution < -0.4 is 5.69 Å². The average molecular weight is 233 g/mol. The van der Waals surface area contributed by atoms with Crippen molar-refractivity contribution in [2.75, 3.05) is 5.75 Å². The Balaban J connectivity index is 2.49. The second-order valence-corrected chi connectivity index (χ2v) is 3.92. The topological polar surface area (TPSA) is 34.9 Å². The summed E-state index contributed by atoms with van der Waals surface area (Å²) < 4.78 is 1.54. The van der Waals surface area contributed by atoms with E-state index < -0.39 is 0 Å². The van der Waals surface area contributed by atoms with Crippen LogP contribution in [-0.4, -0.2) is 15.3 Å². The summed E-state index contributed by atoms with van der Waals surface area (Å²) in [5, 5.41) is 0.499. The van der Waals surface area contributed by atoms with Gasteiger partial charge in [-0.15, -0.1) is 0 Å². The number of halogens is 1. The van der Waals surface area contributed by atoms with E-state index in [0.29, 0.717) is 11.6 Å². The molecule has 0 saturated heterocycles. The minimum Gasteiger partial charge on any atom is -0.298 e. The molecule has 14 heavy (non-hydrogen) atoms. The van der Waals surface area contributed by atoms with Crippen molar-refractivity contribution >= 4 is 24.2 Å². The largest absolute Gasteiger partial charge is 0.347 e. The van der Waals surface area contributed by atoms with Crippen molar-refractivity contribution < 1.29 is 0 Å². The van der Waals surface area contributed by atoms with E-state index in [1.165, 1.54) is 6.20 Å². The summed E-state index contributed by atoms with van der Waals surface area (Å²) in [4.78, 5) is 14.9. The lowest BCUT2D eigenvalue weighted by Crippen LogP contribution is -2.21. The minimum atomic E-state index is -0.236. The SMILES string of the molecule is O=c1ncc(Cl)cn1CCCCCS. The maximum absolute atomic E-state index is 11.2. The molecule has 1 heterocycles. The van der Waals surface area contributed by atoms with Gasteiger partial charge in [-0.2, -0.15) is 12.6 Å². The molecule has 0 N–H and O–H groups in total. The zero-order chi connectivity index (χ0) is 10.4. The van der Waals surface area contributed by atoms with Crippen LogP contribution in [0.1, 0.15) is 19.3 Å². The summed E-state index contributed by atoms with van der Waals surface area (Å²) in [7, 11) is 0. The number of thiol groups is 1. The molecule has 0 saturated carbocycles. The molecule has 0 aliphatic rings. The molecule has 0 aromatic carbocycles. The van der Waals surface area contributed by atoms with Crippen molar-refractivity contribution in [2.45, 2.75) is 25.8 Å². The van der Waals surface area contributed by atoms with E-state index in [4.69, 9.17) is 11.6 Å². The van der Waals surface area contributed by atoms with Gasteiger partial charge in [0.05, 0.1) is 11.2 Å². The minimum absolute atomic E-state index is 0.236. The molecular formula is C9H13ClN2OS. The van der Waals surface area contributed by atoms with E-state index in [0.717, 1.165) is 25.0 Å². The fraction of sp³-hybridized carbons (Fsp3) is 0.556. The smallest absolute Gasteiger partial charge is 0.298 e. The van der Waals surface area contributed by atoms with Gasteiger partial charge in [0.1, 0.15) is 0 Å². The van der Waals surface area contributed by atoms with Crippen molar-refractivity contribution in [1.29, 1.82) is 0 Å². The highest BCUT2D eigenvalue weighted by atomic mass is 35.5. The second-order valence-electron chi connectivity index (χ2n) is 3.03. The van der Waals surface area contributed by atoms with Gasteiger partial charge in [-0.25, -0.2) is 9.78 Å². The third-order valence-electron chi connectivity index (χ3n) is 1.88. The number of aryl methyl sites for hydroxylation is 1. The van der Waals surface area contributed by atoms with Crippen LogP contribution in [0.4, 0.5) is 0 Å². The van der Waals surface area contributed by atoms with Crippen LogP contribution >= 0.6 is 24.2 Å². The zero-order valence-corrected chi connectivity index (χ0v) is 9.47. The van der Waals surface area contributed by atoms with Gasteiger partial charge in [0.15, 0.2) is 0 Å². The van der Waals surface area contributed by atoms with Crippen LogP contribution in [0.3, 0.4) is 0 Å². The molecule has 0 fully saturated rings. The summed E-state index contributed by atoms with van der Waals surface area (Å²) in [5.41, 5.74) is -0.236. The van der Waals surface area contributed by atoms with Crippen LogP contribution in [-0.2, 0) is 6.54 Å². The summed E-state index contributed by atoms with van der Waals surface area (Å²) in [6.45, 7) is 0.681. The molecule has 0 bridgehead atoms. The highest BCUT2D eigenvalue weighted by Gasteiger charge is 1.97. The van der Waals surface area contributed by atoms with E-state index in [2.05, 4.69) is 17.6 Å². The normalized spacial score (nSPS) is 10.4. The summed E-state index contributed by atoms with van der Waals surface area (Å²) in [5.74, 6) is 0.892. The molecule has 78 valence electrons. The Morgan fingerprint density at radius 3 is 2.93 bits per heavy atom. The molecule has 1 rings (SSSR count). The summed E-state index contributed by atoms with van der Waals surface area (Å²) >= 11 is 9.84. The molecule has 0 radical (unpaired) electrons. The second kappa shape index (κ2) is 6.09. The van der Waals surface area contributed by atoms with Crippen molar-refractivity contribution in [3.8, 4) is 0 Å². The molecule has 1 aromatic rings. The van der Waals surface area contributed by atoms with Gasteiger partial charge >= 0.3 is 5.69 Å². The lowest BCUT2D eigenvalue weighted by Gasteiger charge is -2.03. The van der Waals surface area contributed by atoms with E-state index in [-0.39, 0.29) is 5.69 Å². The molecule has 5 heteroatoms. The first-order valence-corrected chi connectivity index (χ1v) is 5.58. The Labute approximate surface area is 93.5 Å². The highest BCUT2D eigenvalue weighted by Crippen LogP contribution is 2.03. The Morgan fingerprint density at radius 1 is 1.43 bits per heavy atom. The van der Waals surface area contributed by atoms with Crippen LogP contribution in [0.5, 0.6) is 0 Å². The number of aromatic nitrogens is 2. The summed E-state index contributed by atoms with van der Waals surface area (Å²) in [6.07, 6.45) is 6.10. The quantitative estimate of drug-likeness (QED) is 0.623. The Bertz CT molecular complexity index is 340. The van der Waals surface area contributed by atoms with Gasteiger partial charge in [0.2, 0.25) is 0 Å². The molecule has 1 aromatic heterocycles. The van der Waals surface area contributed by atoms with Crippen molar-refractivity contribution in [2.24, 2.45) is 0 Å². The standard InChI is InChI=1S/C9H13ClN2OS/c10-8-6-11-9(13)12(7-8)4-2-1-3-5-14/h6-7,14H,1-5H2. The molecule has 0 amide bonds. The van der Waals surface area contributed by atoms with Crippen molar-refractivity contribution in [1.82, 2.24) is 9.55 Å². The Kier molecular flexibility index (Phi) is 5.04. The number of nitrogens with zero attached hydrogens (tertiary/aromatic N) is 2. The lowest BCUT2D eigenvalue weighted by atomic mass is 10.2. The van der Waals surface area contributed by atoms with Crippen LogP contribution in [0, 0.1) is 0 Å². The van der Waals surface area contributed by atoms with E-state index in [1.807, 2.05) is 0 Å². The lowest BCUT2D eigenvalue weighted by molar-refractivity contribution is 0.578. The molecule has 0 aliphatic carbocycles. The monoisotopic (exact) mass is 232 g/mol. The molecule has 0 spiro atoms. The fourth-order valence-corrected chi connectivity index (χ4v) is 1.55. The first-order chi connectivity index (χ1) is 6.74. The van der Waals surface area contributed by atoms with E-state index >= 15 is 0 Å². The van der Waals surface area contributed by atoms with Crippen molar-refractivity contribution in [3.63, 3.8) is 0 Å². The third-order valence-corrected chi connectivity index (χ3v) is 2.39. The fourth-order valence-electron chi connectivity index (χ4n) is 1.16. The first-order valence-electron chi connectivity index (χ1n) is 4.57. The van der Waals surface area contributed by atoms with Gasteiger partial charge in [-0.3, -0.25) is 4.57 Å². The third kappa shape index (κ3) is 3.72. The molecular weight excluding hydrogens is 220 g/mol. The van der Waals surface area contributed by atoms with Gasteiger partial charge in [0.25, 0.3) is 0 Å². The van der Waals surface area contributed by atoms with Gasteiger partial charge < -0.3 is 0 Å². The first kappa shape index (κ1) is 11.6. The average Bonchev–Trinajstić information content (AvgIpc) is 2.18. The van der Waals surface area contributed by atoms with Gasteiger partial charge in [0, 0.05) is 12.7 Å². The summed E-state index contributed by atoms with van der Waals surface area (Å²) in [6, 6.07) is 0. The van der Waals surface area contributed by atoms with E-state index in [9.17, 15) is 4.79 Å². The predicted octanol–water partition coefficient (Wildman–Crippen LogP) is 2.00. The van der Waals surface area contributed by atoms with Crippen molar-refractivity contribution in [3.05, 3.63) is 27.9 Å². The molecule has 0 atom stereocenters. The number of unbranched alkanes of at least 4 members (excludes halogenated alkanes) is 2. The van der Waals surface area contributed by atoms with Crippen LogP contribution in [0.15, 0.2) is 17.2 Å². The zero-order valence-electron chi connectivity index (χ0n) is 7.82. The predicted molar refractivity (Wildman–Crippen MR) is 61.2 cm³/mol. The number of hydrogen-bond acceptors (Lipinski definition) is 3. The molecule has 3 nitrogen and oxygen atoms in total.